The molecule has 19 heavy (non-hydrogen) atoms. The molecule has 0 bridgehead atoms. The molecule has 0 aliphatic carbocycles. The van der Waals surface area contributed by atoms with Crippen LogP contribution >= 0.6 is 23.2 Å². The molecule has 0 fully saturated rings. The molecular formula is C9H8Cl2N6O2. The van der Waals surface area contributed by atoms with Crippen LogP contribution in [0.25, 0.3) is 0 Å². The summed E-state index contributed by atoms with van der Waals surface area (Å²) in [6.45, 7) is 1.78. The van der Waals surface area contributed by atoms with Gasteiger partial charge in [-0.3, -0.25) is 10.1 Å². The maximum atomic E-state index is 10.7. The lowest BCUT2D eigenvalue weighted by Crippen LogP contribution is -2.09. The number of hydrogen-bond donors (Lipinski definition) is 2. The first-order valence-corrected chi connectivity index (χ1v) is 5.88. The summed E-state index contributed by atoms with van der Waals surface area (Å²) >= 11 is 11.9. The third-order valence-corrected chi connectivity index (χ3v) is 2.94. The van der Waals surface area contributed by atoms with Gasteiger partial charge in [-0.25, -0.2) is 0 Å². The molecule has 2 aromatic rings. The molecule has 1 aromatic heterocycles. The second-order valence-electron chi connectivity index (χ2n) is 3.68. The Morgan fingerprint density at radius 1 is 1.42 bits per heavy atom. The average molecular weight is 303 g/mol. The smallest absolute Gasteiger partial charge is 0.272 e. The molecule has 0 saturated heterocycles. The van der Waals surface area contributed by atoms with Crippen molar-refractivity contribution in [2.75, 3.05) is 5.32 Å². The summed E-state index contributed by atoms with van der Waals surface area (Å²) in [7, 11) is 0. The first kappa shape index (κ1) is 13.5. The van der Waals surface area contributed by atoms with Gasteiger partial charge >= 0.3 is 0 Å². The third-order valence-electron chi connectivity index (χ3n) is 2.35. The molecule has 0 amide bonds. The molecule has 1 atom stereocenters. The first-order valence-electron chi connectivity index (χ1n) is 5.12. The molecule has 2 N–H and O–H groups in total. The second-order valence-corrected chi connectivity index (χ2v) is 4.49. The molecule has 10 heteroatoms. The Balaban J connectivity index is 2.28. The van der Waals surface area contributed by atoms with Crippen molar-refractivity contribution >= 4 is 34.6 Å². The van der Waals surface area contributed by atoms with Crippen LogP contribution in [0.2, 0.25) is 10.0 Å². The van der Waals surface area contributed by atoms with Gasteiger partial charge in [0.05, 0.1) is 26.7 Å². The normalized spacial score (nSPS) is 12.2. The number of non-ortho nitro benzene ring substituents is 1. The van der Waals surface area contributed by atoms with Crippen LogP contribution in [-0.2, 0) is 0 Å². The first-order chi connectivity index (χ1) is 8.99. The number of aromatic amines is 1. The maximum absolute atomic E-state index is 10.7. The number of nitrogens with one attached hydrogen (secondary N) is 2. The molecule has 1 heterocycles. The van der Waals surface area contributed by atoms with Crippen LogP contribution in [0.15, 0.2) is 12.1 Å². The topological polar surface area (TPSA) is 110 Å². The van der Waals surface area contributed by atoms with E-state index in [2.05, 4.69) is 25.9 Å². The van der Waals surface area contributed by atoms with Crippen LogP contribution < -0.4 is 5.32 Å². The predicted octanol–water partition coefficient (Wildman–Crippen LogP) is 2.59. The molecular weight excluding hydrogens is 295 g/mol. The van der Waals surface area contributed by atoms with Gasteiger partial charge in [0, 0.05) is 12.1 Å². The Hall–Kier alpha value is -1.93. The summed E-state index contributed by atoms with van der Waals surface area (Å²) in [5.41, 5.74) is 0.207. The van der Waals surface area contributed by atoms with Crippen molar-refractivity contribution < 1.29 is 4.92 Å². The number of nitro groups is 1. The summed E-state index contributed by atoms with van der Waals surface area (Å²) in [5.74, 6) is 0.422. The standard InChI is InChI=1S/C9H8Cl2N6O2/c1-4(9-13-15-16-14-9)12-8-6(10)2-5(17(18)19)3-7(8)11/h2-4,12H,1H3,(H,13,14,15,16). The minimum atomic E-state index is -0.565. The van der Waals surface area contributed by atoms with Gasteiger partial charge in [-0.2, -0.15) is 5.21 Å². The van der Waals surface area contributed by atoms with Crippen LogP contribution in [0.3, 0.4) is 0 Å². The number of nitrogens with zero attached hydrogens (tertiary/aromatic N) is 4. The molecule has 0 aliphatic rings. The van der Waals surface area contributed by atoms with Gasteiger partial charge in [0.25, 0.3) is 5.69 Å². The Bertz CT molecular complexity index is 580. The molecule has 100 valence electrons. The van der Waals surface area contributed by atoms with E-state index in [1.165, 1.54) is 12.1 Å². The molecule has 1 aromatic carbocycles. The van der Waals surface area contributed by atoms with Crippen molar-refractivity contribution in [3.63, 3.8) is 0 Å². The minimum absolute atomic E-state index is 0.148. The summed E-state index contributed by atoms with van der Waals surface area (Å²) in [4.78, 5) is 10.1. The number of aromatic nitrogens is 4. The number of anilines is 1. The lowest BCUT2D eigenvalue weighted by molar-refractivity contribution is -0.384. The van der Waals surface area contributed by atoms with Gasteiger partial charge < -0.3 is 5.32 Å². The van der Waals surface area contributed by atoms with Crippen molar-refractivity contribution in [3.8, 4) is 0 Å². The van der Waals surface area contributed by atoms with Gasteiger partial charge in [0.15, 0.2) is 5.82 Å². The summed E-state index contributed by atoms with van der Waals surface area (Å²) in [5, 5.41) is 27.3. The van der Waals surface area contributed by atoms with Crippen molar-refractivity contribution in [1.82, 2.24) is 20.6 Å². The quantitative estimate of drug-likeness (QED) is 0.663. The summed E-state index contributed by atoms with van der Waals surface area (Å²) in [6, 6.07) is 2.13. The number of nitro benzene ring substituents is 1. The highest BCUT2D eigenvalue weighted by atomic mass is 35.5. The van der Waals surface area contributed by atoms with Crippen molar-refractivity contribution in [2.45, 2.75) is 13.0 Å². The van der Waals surface area contributed by atoms with E-state index in [0.717, 1.165) is 0 Å². The Morgan fingerprint density at radius 2 is 2.05 bits per heavy atom. The molecule has 8 nitrogen and oxygen atoms in total. The van der Waals surface area contributed by atoms with Crippen LogP contribution in [0, 0.1) is 10.1 Å². The SMILES string of the molecule is CC(Nc1c(Cl)cc([N+](=O)[O-])cc1Cl)c1nn[nH]n1. The van der Waals surface area contributed by atoms with E-state index in [1.807, 2.05) is 0 Å². The minimum Gasteiger partial charge on any atom is -0.373 e. The molecule has 0 saturated carbocycles. The zero-order valence-corrected chi connectivity index (χ0v) is 11.1. The van der Waals surface area contributed by atoms with E-state index in [4.69, 9.17) is 23.2 Å². The number of halogens is 2. The van der Waals surface area contributed by atoms with E-state index in [0.29, 0.717) is 11.5 Å². The highest BCUT2D eigenvalue weighted by molar-refractivity contribution is 6.39. The van der Waals surface area contributed by atoms with Crippen LogP contribution in [0.5, 0.6) is 0 Å². The lowest BCUT2D eigenvalue weighted by atomic mass is 10.2. The van der Waals surface area contributed by atoms with E-state index in [-0.39, 0.29) is 21.8 Å². The summed E-state index contributed by atoms with van der Waals surface area (Å²) < 4.78 is 0. The van der Waals surface area contributed by atoms with Gasteiger partial charge in [-0.05, 0) is 6.92 Å². The fourth-order valence-corrected chi connectivity index (χ4v) is 2.02. The number of H-pyrrole nitrogens is 1. The van der Waals surface area contributed by atoms with E-state index >= 15 is 0 Å². The maximum Gasteiger partial charge on any atom is 0.272 e. The van der Waals surface area contributed by atoms with Gasteiger partial charge in [0.2, 0.25) is 0 Å². The van der Waals surface area contributed by atoms with E-state index < -0.39 is 4.92 Å². The number of rotatable bonds is 4. The van der Waals surface area contributed by atoms with Crippen molar-refractivity contribution in [3.05, 3.63) is 38.1 Å². The highest BCUT2D eigenvalue weighted by Gasteiger charge is 2.18. The van der Waals surface area contributed by atoms with Crippen molar-refractivity contribution in [2.24, 2.45) is 0 Å². The number of benzene rings is 1. The zero-order valence-electron chi connectivity index (χ0n) is 9.59. The van der Waals surface area contributed by atoms with Crippen LogP contribution in [0.1, 0.15) is 18.8 Å². The highest BCUT2D eigenvalue weighted by Crippen LogP contribution is 2.36. The predicted molar refractivity (Wildman–Crippen MR) is 69.3 cm³/mol. The number of hydrogen-bond acceptors (Lipinski definition) is 6. The number of tetrazole rings is 1. The van der Waals surface area contributed by atoms with Gasteiger partial charge in [0.1, 0.15) is 0 Å². The molecule has 0 aliphatic heterocycles. The fourth-order valence-electron chi connectivity index (χ4n) is 1.44. The van der Waals surface area contributed by atoms with E-state index in [9.17, 15) is 10.1 Å². The zero-order chi connectivity index (χ0) is 14.0. The third kappa shape index (κ3) is 2.91. The molecule has 1 unspecified atom stereocenters. The monoisotopic (exact) mass is 302 g/mol. The van der Waals surface area contributed by atoms with Crippen LogP contribution in [0.4, 0.5) is 11.4 Å². The molecule has 2 rings (SSSR count). The summed E-state index contributed by atoms with van der Waals surface area (Å²) in [6.07, 6.45) is 0. The Labute approximate surface area is 117 Å². The Morgan fingerprint density at radius 3 is 2.53 bits per heavy atom. The van der Waals surface area contributed by atoms with Gasteiger partial charge in [-0.15, -0.1) is 10.2 Å². The molecule has 0 radical (unpaired) electrons. The largest absolute Gasteiger partial charge is 0.373 e. The Kier molecular flexibility index (Phi) is 3.82. The average Bonchev–Trinajstić information content (AvgIpc) is 2.86. The van der Waals surface area contributed by atoms with E-state index in [1.54, 1.807) is 6.92 Å². The second kappa shape index (κ2) is 5.37. The van der Waals surface area contributed by atoms with Crippen molar-refractivity contribution in [1.29, 1.82) is 0 Å². The van der Waals surface area contributed by atoms with Crippen LogP contribution in [-0.4, -0.2) is 25.5 Å². The molecule has 0 spiro atoms. The fraction of sp³-hybridized carbons (Fsp3) is 0.222. The lowest BCUT2D eigenvalue weighted by Gasteiger charge is -2.14. The van der Waals surface area contributed by atoms with Gasteiger partial charge in [-0.1, -0.05) is 28.4 Å².